The fourth-order valence-corrected chi connectivity index (χ4v) is 7.06. The van der Waals surface area contributed by atoms with Crippen LogP contribution in [-0.4, -0.2) is 17.9 Å². The lowest BCUT2D eigenvalue weighted by Crippen LogP contribution is -2.14. The van der Waals surface area contributed by atoms with Crippen LogP contribution >= 0.6 is 0 Å². The number of hydrogen-bond donors (Lipinski definition) is 0. The van der Waals surface area contributed by atoms with Gasteiger partial charge in [-0.2, -0.15) is 0 Å². The lowest BCUT2D eigenvalue weighted by Gasteiger charge is -2.27. The Bertz CT molecular complexity index is 2570. The van der Waals surface area contributed by atoms with Crippen LogP contribution in [0.4, 0.5) is 0 Å². The second kappa shape index (κ2) is 17.7. The third-order valence-electron chi connectivity index (χ3n) is 9.94. The maximum atomic E-state index is 13.1. The van der Waals surface area contributed by atoms with Gasteiger partial charge in [0.1, 0.15) is 28.8 Å². The highest BCUT2D eigenvalue weighted by atomic mass is 16.5. The molecule has 0 saturated carbocycles. The normalized spacial score (nSPS) is 11.2. The van der Waals surface area contributed by atoms with Crippen molar-refractivity contribution in [1.29, 1.82) is 0 Å². The molecule has 0 saturated heterocycles. The highest BCUT2D eigenvalue weighted by Crippen LogP contribution is 2.47. The molecular weight excluding hydrogens is 737 g/mol. The van der Waals surface area contributed by atoms with Crippen LogP contribution in [0.1, 0.15) is 44.9 Å². The van der Waals surface area contributed by atoms with Crippen LogP contribution in [0.15, 0.2) is 166 Å². The summed E-state index contributed by atoms with van der Waals surface area (Å²) in [7, 11) is 0. The van der Waals surface area contributed by atoms with Gasteiger partial charge in [0, 0.05) is 35.3 Å². The molecule has 59 heavy (non-hydrogen) atoms. The number of rotatable bonds is 14. The summed E-state index contributed by atoms with van der Waals surface area (Å²) in [5.74, 6) is -0.359. The molecule has 0 amide bonds. The lowest BCUT2D eigenvalue weighted by atomic mass is 9.80. The first-order chi connectivity index (χ1) is 28.3. The van der Waals surface area contributed by atoms with E-state index in [1.165, 1.54) is 0 Å². The molecule has 0 heterocycles. The molecule has 0 aliphatic carbocycles. The Morgan fingerprint density at radius 1 is 0.475 bits per heavy atom. The van der Waals surface area contributed by atoms with E-state index >= 15 is 0 Å². The Morgan fingerprint density at radius 2 is 0.932 bits per heavy atom. The van der Waals surface area contributed by atoms with E-state index in [2.05, 4.69) is 39.0 Å². The van der Waals surface area contributed by atoms with Crippen LogP contribution in [0.2, 0.25) is 0 Å². The Labute approximate surface area is 344 Å². The molecule has 7 nitrogen and oxygen atoms in total. The third-order valence-corrected chi connectivity index (χ3v) is 9.94. The molecule has 0 fully saturated rings. The summed E-state index contributed by atoms with van der Waals surface area (Å²) in [5, 5.41) is 2.02. The summed E-state index contributed by atoms with van der Waals surface area (Å²) in [6.07, 6.45) is 4.91. The van der Waals surface area contributed by atoms with E-state index in [9.17, 15) is 14.4 Å². The summed E-state index contributed by atoms with van der Waals surface area (Å²) < 4.78 is 23.6. The van der Waals surface area contributed by atoms with Gasteiger partial charge in [0.05, 0.1) is 0 Å². The summed E-state index contributed by atoms with van der Waals surface area (Å²) >= 11 is 0. The minimum atomic E-state index is -0.675. The minimum absolute atomic E-state index is 0.328. The third kappa shape index (κ3) is 9.06. The van der Waals surface area contributed by atoms with Crippen molar-refractivity contribution < 1.29 is 33.3 Å². The van der Waals surface area contributed by atoms with Gasteiger partial charge in [-0.15, -0.1) is 0 Å². The minimum Gasteiger partial charge on any atom is -0.458 e. The van der Waals surface area contributed by atoms with E-state index in [1.807, 2.05) is 119 Å². The second-order valence-electron chi connectivity index (χ2n) is 14.1. The number of allylic oxidation sites excluding steroid dienone is 1. The summed E-state index contributed by atoms with van der Waals surface area (Å²) in [4.78, 5) is 38.3. The molecule has 6 aromatic rings. The van der Waals surface area contributed by atoms with E-state index in [4.69, 9.17) is 18.9 Å². The molecule has 0 aromatic heterocycles. The maximum absolute atomic E-state index is 13.1. The first-order valence-electron chi connectivity index (χ1n) is 18.9. The SMILES string of the molecule is C=CC(=C)Oc1ccc(-c2cc(C)c(OC(=O)C=C)c(C(c3ccc4ccccc4c3)c3cc(-c4ccc(OC(=O)C=C)c(C)c4)cc(C)c3OC(=O)C=C)c2)cc1C. The van der Waals surface area contributed by atoms with Crippen molar-refractivity contribution in [1.82, 2.24) is 0 Å². The van der Waals surface area contributed by atoms with Crippen LogP contribution < -0.4 is 18.9 Å². The van der Waals surface area contributed by atoms with Crippen molar-refractivity contribution in [2.75, 3.05) is 0 Å². The fourth-order valence-electron chi connectivity index (χ4n) is 7.06. The van der Waals surface area contributed by atoms with Crippen molar-refractivity contribution in [3.8, 4) is 45.3 Å². The Kier molecular flexibility index (Phi) is 12.4. The van der Waals surface area contributed by atoms with E-state index in [0.29, 0.717) is 51.0 Å². The van der Waals surface area contributed by atoms with Crippen LogP contribution in [0.5, 0.6) is 23.0 Å². The molecule has 1 atom stereocenters. The Balaban J connectivity index is 1.68. The van der Waals surface area contributed by atoms with E-state index < -0.39 is 23.8 Å². The molecule has 0 radical (unpaired) electrons. The molecule has 0 spiro atoms. The van der Waals surface area contributed by atoms with Crippen molar-refractivity contribution in [3.05, 3.63) is 205 Å². The van der Waals surface area contributed by atoms with Gasteiger partial charge in [-0.3, -0.25) is 0 Å². The summed E-state index contributed by atoms with van der Waals surface area (Å²) in [6, 6.07) is 33.5. The second-order valence-corrected chi connectivity index (χ2v) is 14.1. The zero-order valence-electron chi connectivity index (χ0n) is 33.6. The first kappa shape index (κ1) is 41.1. The van der Waals surface area contributed by atoms with Gasteiger partial charge < -0.3 is 18.9 Å². The Hall–Kier alpha value is -7.51. The number of ether oxygens (including phenoxy) is 4. The molecule has 1 unspecified atom stereocenters. The van der Waals surface area contributed by atoms with E-state index in [1.54, 1.807) is 12.1 Å². The van der Waals surface area contributed by atoms with Gasteiger partial charge in [-0.1, -0.05) is 87.5 Å². The van der Waals surface area contributed by atoms with Crippen molar-refractivity contribution in [3.63, 3.8) is 0 Å². The molecule has 294 valence electrons. The molecule has 0 bridgehead atoms. The van der Waals surface area contributed by atoms with Gasteiger partial charge in [-0.25, -0.2) is 14.4 Å². The van der Waals surface area contributed by atoms with Gasteiger partial charge in [0.2, 0.25) is 0 Å². The molecule has 0 aliphatic rings. The highest BCUT2D eigenvalue weighted by molar-refractivity contribution is 5.88. The van der Waals surface area contributed by atoms with Crippen LogP contribution in [0.3, 0.4) is 0 Å². The molecule has 0 aliphatic heterocycles. The largest absolute Gasteiger partial charge is 0.458 e. The van der Waals surface area contributed by atoms with Crippen molar-refractivity contribution in [2.24, 2.45) is 0 Å². The number of aryl methyl sites for hydroxylation is 4. The van der Waals surface area contributed by atoms with Crippen LogP contribution in [-0.2, 0) is 14.4 Å². The van der Waals surface area contributed by atoms with E-state index in [-0.39, 0.29) is 0 Å². The van der Waals surface area contributed by atoms with Crippen LogP contribution in [0, 0.1) is 27.7 Å². The average molecular weight is 781 g/mol. The van der Waals surface area contributed by atoms with Crippen molar-refractivity contribution in [2.45, 2.75) is 33.6 Å². The van der Waals surface area contributed by atoms with Gasteiger partial charge >= 0.3 is 17.9 Å². The number of carbonyl (C=O) groups is 3. The number of hydrogen-bond acceptors (Lipinski definition) is 7. The number of benzene rings is 6. The molecular formula is C52H44O7. The molecule has 6 aromatic carbocycles. The zero-order chi connectivity index (χ0) is 42.4. The molecule has 7 heteroatoms. The summed E-state index contributed by atoms with van der Waals surface area (Å²) in [6.45, 7) is 26.0. The quantitative estimate of drug-likeness (QED) is 0.0271. The predicted molar refractivity (Wildman–Crippen MR) is 235 cm³/mol. The van der Waals surface area contributed by atoms with Crippen molar-refractivity contribution >= 4 is 28.7 Å². The molecule has 0 N–H and O–H groups in total. The number of esters is 3. The Morgan fingerprint density at radius 3 is 1.41 bits per heavy atom. The highest BCUT2D eigenvalue weighted by Gasteiger charge is 2.30. The topological polar surface area (TPSA) is 88.1 Å². The smallest absolute Gasteiger partial charge is 0.335 e. The summed E-state index contributed by atoms with van der Waals surface area (Å²) in [5.41, 5.74) is 8.43. The average Bonchev–Trinajstić information content (AvgIpc) is 3.23. The standard InChI is InChI=1S/C52H44O7/c1-10-35(9)56-45-22-20-38(24-31(45)5)41-26-33(7)51(58-48(54)12-3)43(29-41)50(40-19-18-36-16-14-15-17-37(36)28-40)44-30-42(27-34(8)52(44)59-49(55)13-4)39-21-23-46(32(6)25-39)57-47(53)11-2/h10-30,50H,1-4,9H2,5-8H3. The first-order valence-corrected chi connectivity index (χ1v) is 18.9. The monoisotopic (exact) mass is 780 g/mol. The maximum Gasteiger partial charge on any atom is 0.335 e. The van der Waals surface area contributed by atoms with Gasteiger partial charge in [0.15, 0.2) is 0 Å². The number of carbonyl (C=O) groups excluding carboxylic acids is 3. The fraction of sp³-hybridized carbons (Fsp3) is 0.0962. The zero-order valence-corrected chi connectivity index (χ0v) is 33.6. The lowest BCUT2D eigenvalue weighted by molar-refractivity contribution is -0.129. The number of fused-ring (bicyclic) bond motifs is 1. The van der Waals surface area contributed by atoms with Gasteiger partial charge in [0.25, 0.3) is 0 Å². The van der Waals surface area contributed by atoms with Gasteiger partial charge in [-0.05, 0) is 143 Å². The van der Waals surface area contributed by atoms with E-state index in [0.717, 1.165) is 67.9 Å². The predicted octanol–water partition coefficient (Wildman–Crippen LogP) is 11.9. The van der Waals surface area contributed by atoms with Crippen LogP contribution in [0.25, 0.3) is 33.0 Å². The molecule has 6 rings (SSSR count).